The molecule has 0 atom stereocenters. The molecule has 36 heavy (non-hydrogen) atoms. The molecule has 0 radical (unpaired) electrons. The molecule has 1 aromatic heterocycles. The van der Waals surface area contributed by atoms with Crippen molar-refractivity contribution in [2.75, 3.05) is 39.4 Å². The number of carbonyl (C=O) groups excluding carboxylic acids is 2. The standard InChI is InChI=1S/C27H27Cl2N3O4/c1-18-2-4-19(5-3-18)26(33)31-24(27(34)30-10-11-32-12-14-35-15-13-32)17-21-7-9-25(36-21)22-16-20(28)6-8-23(22)29/h2-9,16-17H,10-15H2,1H3,(H,30,34)(H,31,33)/b24-17-. The van der Waals surface area contributed by atoms with Gasteiger partial charge in [0.1, 0.15) is 17.2 Å². The molecule has 0 unspecified atom stereocenters. The molecule has 0 bridgehead atoms. The number of rotatable bonds is 8. The van der Waals surface area contributed by atoms with E-state index in [1.807, 2.05) is 19.1 Å². The molecule has 0 aliphatic carbocycles. The smallest absolute Gasteiger partial charge is 0.267 e. The van der Waals surface area contributed by atoms with Crippen LogP contribution in [0.3, 0.4) is 0 Å². The summed E-state index contributed by atoms with van der Waals surface area (Å²) < 4.78 is 11.3. The third kappa shape index (κ3) is 6.98. The third-order valence-electron chi connectivity index (χ3n) is 5.73. The topological polar surface area (TPSA) is 83.8 Å². The lowest BCUT2D eigenvalue weighted by atomic mass is 10.1. The fraction of sp³-hybridized carbons (Fsp3) is 0.259. The molecular formula is C27H27Cl2N3O4. The zero-order valence-electron chi connectivity index (χ0n) is 19.9. The zero-order chi connectivity index (χ0) is 25.5. The number of ether oxygens (including phenoxy) is 1. The molecule has 2 heterocycles. The van der Waals surface area contributed by atoms with Crippen LogP contribution < -0.4 is 10.6 Å². The molecule has 4 rings (SSSR count). The predicted octanol–water partition coefficient (Wildman–Crippen LogP) is 4.78. The van der Waals surface area contributed by atoms with Gasteiger partial charge in [-0.15, -0.1) is 0 Å². The summed E-state index contributed by atoms with van der Waals surface area (Å²) in [5.41, 5.74) is 2.18. The van der Waals surface area contributed by atoms with Gasteiger partial charge in [0.15, 0.2) is 0 Å². The van der Waals surface area contributed by atoms with E-state index in [4.69, 9.17) is 32.4 Å². The van der Waals surface area contributed by atoms with E-state index in [0.29, 0.717) is 59.0 Å². The Bertz CT molecular complexity index is 1250. The van der Waals surface area contributed by atoms with Crippen molar-refractivity contribution in [3.8, 4) is 11.3 Å². The molecule has 7 nitrogen and oxygen atoms in total. The van der Waals surface area contributed by atoms with Crippen molar-refractivity contribution >= 4 is 41.1 Å². The molecule has 1 fully saturated rings. The molecule has 188 valence electrons. The first-order valence-electron chi connectivity index (χ1n) is 11.6. The Hall–Kier alpha value is -3.10. The van der Waals surface area contributed by atoms with Gasteiger partial charge in [0.25, 0.3) is 11.8 Å². The van der Waals surface area contributed by atoms with Crippen LogP contribution in [0.4, 0.5) is 0 Å². The first kappa shape index (κ1) is 26.0. The summed E-state index contributed by atoms with van der Waals surface area (Å²) in [4.78, 5) is 28.2. The molecule has 1 aliphatic heterocycles. The van der Waals surface area contributed by atoms with E-state index in [2.05, 4.69) is 15.5 Å². The zero-order valence-corrected chi connectivity index (χ0v) is 21.4. The van der Waals surface area contributed by atoms with Crippen molar-refractivity contribution in [3.05, 3.63) is 87.2 Å². The van der Waals surface area contributed by atoms with Gasteiger partial charge in [-0.1, -0.05) is 40.9 Å². The number of halogens is 2. The van der Waals surface area contributed by atoms with Gasteiger partial charge in [-0.05, 0) is 49.4 Å². The molecule has 2 amide bonds. The van der Waals surface area contributed by atoms with E-state index in [9.17, 15) is 9.59 Å². The largest absolute Gasteiger partial charge is 0.457 e. The molecule has 1 aliphatic rings. The quantitative estimate of drug-likeness (QED) is 0.412. The minimum Gasteiger partial charge on any atom is -0.457 e. The second-order valence-electron chi connectivity index (χ2n) is 8.41. The lowest BCUT2D eigenvalue weighted by Crippen LogP contribution is -2.42. The summed E-state index contributed by atoms with van der Waals surface area (Å²) in [5.74, 6) is 0.0611. The molecular weight excluding hydrogens is 501 g/mol. The maximum Gasteiger partial charge on any atom is 0.267 e. The van der Waals surface area contributed by atoms with Gasteiger partial charge in [-0.2, -0.15) is 0 Å². The van der Waals surface area contributed by atoms with Crippen molar-refractivity contribution < 1.29 is 18.7 Å². The van der Waals surface area contributed by atoms with Gasteiger partial charge >= 0.3 is 0 Å². The maximum absolute atomic E-state index is 13.1. The lowest BCUT2D eigenvalue weighted by molar-refractivity contribution is -0.117. The van der Waals surface area contributed by atoms with Crippen LogP contribution in [0.25, 0.3) is 17.4 Å². The molecule has 2 aromatic carbocycles. The van der Waals surface area contributed by atoms with Crippen LogP contribution in [0.1, 0.15) is 21.7 Å². The van der Waals surface area contributed by atoms with Crippen molar-refractivity contribution in [1.29, 1.82) is 0 Å². The number of furan rings is 1. The number of benzene rings is 2. The maximum atomic E-state index is 13.1. The van der Waals surface area contributed by atoms with E-state index in [-0.39, 0.29) is 5.70 Å². The van der Waals surface area contributed by atoms with Crippen LogP contribution in [0.2, 0.25) is 10.0 Å². The van der Waals surface area contributed by atoms with E-state index >= 15 is 0 Å². The molecule has 3 aromatic rings. The summed E-state index contributed by atoms with van der Waals surface area (Å²) in [6.07, 6.45) is 1.50. The minimum absolute atomic E-state index is 0.0700. The Morgan fingerprint density at radius 1 is 1.03 bits per heavy atom. The summed E-state index contributed by atoms with van der Waals surface area (Å²) in [5, 5.41) is 6.62. The van der Waals surface area contributed by atoms with Crippen LogP contribution in [0.15, 0.2) is 64.7 Å². The molecule has 1 saturated heterocycles. The Labute approximate surface area is 220 Å². The summed E-state index contributed by atoms with van der Waals surface area (Å²) >= 11 is 12.4. The number of carbonyl (C=O) groups is 2. The van der Waals surface area contributed by atoms with Crippen molar-refractivity contribution in [1.82, 2.24) is 15.5 Å². The van der Waals surface area contributed by atoms with Gasteiger partial charge in [-0.3, -0.25) is 14.5 Å². The SMILES string of the molecule is Cc1ccc(C(=O)N/C(=C\c2ccc(-c3cc(Cl)ccc3Cl)o2)C(=O)NCCN2CCOCC2)cc1. The van der Waals surface area contributed by atoms with Gasteiger partial charge < -0.3 is 19.8 Å². The highest BCUT2D eigenvalue weighted by atomic mass is 35.5. The second-order valence-corrected chi connectivity index (χ2v) is 9.26. The van der Waals surface area contributed by atoms with E-state index < -0.39 is 11.8 Å². The highest BCUT2D eigenvalue weighted by molar-refractivity contribution is 6.35. The van der Waals surface area contributed by atoms with Crippen molar-refractivity contribution in [2.24, 2.45) is 0 Å². The second kappa shape index (κ2) is 12.2. The molecule has 0 saturated carbocycles. The number of morpholine rings is 1. The molecule has 9 heteroatoms. The van der Waals surface area contributed by atoms with Crippen molar-refractivity contribution in [3.63, 3.8) is 0 Å². The Morgan fingerprint density at radius 2 is 1.78 bits per heavy atom. The summed E-state index contributed by atoms with van der Waals surface area (Å²) in [6, 6.07) is 15.6. The van der Waals surface area contributed by atoms with E-state index in [1.165, 1.54) is 6.08 Å². The van der Waals surface area contributed by atoms with Crippen LogP contribution in [0.5, 0.6) is 0 Å². The minimum atomic E-state index is -0.414. The molecule has 2 N–H and O–H groups in total. The Balaban J connectivity index is 1.53. The molecule has 0 spiro atoms. The predicted molar refractivity (Wildman–Crippen MR) is 141 cm³/mol. The third-order valence-corrected chi connectivity index (χ3v) is 6.30. The number of hydrogen-bond acceptors (Lipinski definition) is 5. The van der Waals surface area contributed by atoms with Crippen molar-refractivity contribution in [2.45, 2.75) is 6.92 Å². The van der Waals surface area contributed by atoms with Gasteiger partial charge in [0.05, 0.1) is 18.2 Å². The van der Waals surface area contributed by atoms with Crippen LogP contribution in [-0.4, -0.2) is 56.1 Å². The van der Waals surface area contributed by atoms with E-state index in [1.54, 1.807) is 42.5 Å². The average Bonchev–Trinajstić information content (AvgIpc) is 3.34. The fourth-order valence-electron chi connectivity index (χ4n) is 3.71. The van der Waals surface area contributed by atoms with Crippen LogP contribution in [0, 0.1) is 6.92 Å². The Morgan fingerprint density at radius 3 is 2.53 bits per heavy atom. The number of hydrogen-bond donors (Lipinski definition) is 2. The number of nitrogens with one attached hydrogen (secondary N) is 2. The number of nitrogens with zero attached hydrogens (tertiary/aromatic N) is 1. The summed E-state index contributed by atoms with van der Waals surface area (Å²) in [7, 11) is 0. The normalized spacial score (nSPS) is 14.5. The van der Waals surface area contributed by atoms with Crippen LogP contribution in [-0.2, 0) is 9.53 Å². The van der Waals surface area contributed by atoms with Gasteiger partial charge in [-0.25, -0.2) is 0 Å². The van der Waals surface area contributed by atoms with Crippen LogP contribution >= 0.6 is 23.2 Å². The first-order chi connectivity index (χ1) is 17.4. The lowest BCUT2D eigenvalue weighted by Gasteiger charge is -2.26. The number of amides is 2. The Kier molecular flexibility index (Phi) is 8.83. The first-order valence-corrected chi connectivity index (χ1v) is 12.4. The highest BCUT2D eigenvalue weighted by Crippen LogP contribution is 2.32. The van der Waals surface area contributed by atoms with Gasteiger partial charge in [0.2, 0.25) is 0 Å². The van der Waals surface area contributed by atoms with Gasteiger partial charge in [0, 0.05) is 48.4 Å². The van der Waals surface area contributed by atoms with E-state index in [0.717, 1.165) is 18.7 Å². The fourth-order valence-corrected chi connectivity index (χ4v) is 4.09. The average molecular weight is 528 g/mol. The number of aryl methyl sites for hydroxylation is 1. The monoisotopic (exact) mass is 527 g/mol. The highest BCUT2D eigenvalue weighted by Gasteiger charge is 2.17. The summed E-state index contributed by atoms with van der Waals surface area (Å²) in [6.45, 7) is 6.07.